The third kappa shape index (κ3) is 4.28. The molecule has 1 aromatic heterocycles. The highest BCUT2D eigenvalue weighted by Crippen LogP contribution is 2.33. The maximum atomic E-state index is 12.2. The molecule has 4 rings (SSSR count). The largest absolute Gasteiger partial charge is 0.488 e. The van der Waals surface area contributed by atoms with Gasteiger partial charge in [-0.25, -0.2) is 4.99 Å². The van der Waals surface area contributed by atoms with Crippen LogP contribution in [0.2, 0.25) is 0 Å². The van der Waals surface area contributed by atoms with Crippen LogP contribution >= 0.6 is 0 Å². The molecule has 0 saturated heterocycles. The van der Waals surface area contributed by atoms with Gasteiger partial charge in [0.1, 0.15) is 16.8 Å². The first-order chi connectivity index (χ1) is 14.0. The SMILES string of the molecule is C=c1c(=O)[nH]c2n1Cc1cccc(OC(C)CCC(=O)NC3CCCCC3)c1N=2. The molecule has 1 aliphatic heterocycles. The highest BCUT2D eigenvalue weighted by atomic mass is 16.5. The number of nitrogens with zero attached hydrogens (tertiary/aromatic N) is 2. The smallest absolute Gasteiger partial charge is 0.274 e. The van der Waals surface area contributed by atoms with Crippen LogP contribution < -0.4 is 26.6 Å². The average molecular weight is 396 g/mol. The predicted molar refractivity (Wildman–Crippen MR) is 111 cm³/mol. The predicted octanol–water partition coefficient (Wildman–Crippen LogP) is 1.90. The van der Waals surface area contributed by atoms with Gasteiger partial charge in [0, 0.05) is 18.0 Å². The summed E-state index contributed by atoms with van der Waals surface area (Å²) in [6.45, 7) is 6.31. The molecule has 1 saturated carbocycles. The van der Waals surface area contributed by atoms with Gasteiger partial charge in [0.05, 0.1) is 12.6 Å². The topological polar surface area (TPSA) is 88.5 Å². The number of imidazole rings is 1. The quantitative estimate of drug-likeness (QED) is 0.667. The van der Waals surface area contributed by atoms with Crippen LogP contribution in [0.15, 0.2) is 28.0 Å². The summed E-state index contributed by atoms with van der Waals surface area (Å²) in [4.78, 5) is 31.4. The maximum absolute atomic E-state index is 12.2. The molecule has 0 radical (unpaired) electrons. The lowest BCUT2D eigenvalue weighted by atomic mass is 9.95. The third-order valence-corrected chi connectivity index (χ3v) is 5.77. The molecule has 2 N–H and O–H groups in total. The molecule has 7 nitrogen and oxygen atoms in total. The Bertz CT molecular complexity index is 1060. The normalized spacial score (nSPS) is 17.0. The number of benzene rings is 1. The molecular formula is C22H28N4O3. The molecular weight excluding hydrogens is 368 g/mol. The van der Waals surface area contributed by atoms with Crippen molar-refractivity contribution in [3.8, 4) is 5.75 Å². The van der Waals surface area contributed by atoms with Gasteiger partial charge in [0.2, 0.25) is 11.5 Å². The van der Waals surface area contributed by atoms with E-state index in [4.69, 9.17) is 4.74 Å². The molecule has 2 aliphatic rings. The van der Waals surface area contributed by atoms with E-state index in [-0.39, 0.29) is 17.6 Å². The zero-order valence-electron chi connectivity index (χ0n) is 16.9. The van der Waals surface area contributed by atoms with E-state index in [9.17, 15) is 9.59 Å². The monoisotopic (exact) mass is 396 g/mol. The fourth-order valence-electron chi connectivity index (χ4n) is 4.10. The number of hydrogen-bond acceptors (Lipinski definition) is 4. The molecule has 1 unspecified atom stereocenters. The van der Waals surface area contributed by atoms with Gasteiger partial charge in [-0.2, -0.15) is 0 Å². The third-order valence-electron chi connectivity index (χ3n) is 5.77. The number of hydrogen-bond donors (Lipinski definition) is 2. The minimum absolute atomic E-state index is 0.102. The van der Waals surface area contributed by atoms with Gasteiger partial charge >= 0.3 is 0 Å². The fourth-order valence-corrected chi connectivity index (χ4v) is 4.10. The van der Waals surface area contributed by atoms with Crippen LogP contribution in [0.5, 0.6) is 5.75 Å². The first-order valence-electron chi connectivity index (χ1n) is 10.5. The van der Waals surface area contributed by atoms with E-state index in [2.05, 4.69) is 21.9 Å². The van der Waals surface area contributed by atoms with Crippen LogP contribution in [0, 0.1) is 0 Å². The zero-order valence-corrected chi connectivity index (χ0v) is 16.9. The van der Waals surface area contributed by atoms with Gasteiger partial charge in [-0.15, -0.1) is 0 Å². The van der Waals surface area contributed by atoms with Gasteiger partial charge in [-0.05, 0) is 32.3 Å². The lowest BCUT2D eigenvalue weighted by Gasteiger charge is -2.23. The van der Waals surface area contributed by atoms with Crippen molar-refractivity contribution in [1.82, 2.24) is 14.9 Å². The van der Waals surface area contributed by atoms with Crippen LogP contribution in [-0.4, -0.2) is 27.6 Å². The van der Waals surface area contributed by atoms with E-state index < -0.39 is 0 Å². The van der Waals surface area contributed by atoms with E-state index in [0.717, 1.165) is 24.1 Å². The summed E-state index contributed by atoms with van der Waals surface area (Å²) in [5, 5.41) is 3.55. The van der Waals surface area contributed by atoms with Crippen LogP contribution in [0.3, 0.4) is 0 Å². The number of H-pyrrole nitrogens is 1. The summed E-state index contributed by atoms with van der Waals surface area (Å²) in [5.74, 6) is 0.770. The van der Waals surface area contributed by atoms with Crippen molar-refractivity contribution >= 4 is 18.2 Å². The van der Waals surface area contributed by atoms with E-state index >= 15 is 0 Å². The first-order valence-corrected chi connectivity index (χ1v) is 10.5. The molecule has 2 aromatic rings. The maximum Gasteiger partial charge on any atom is 0.274 e. The van der Waals surface area contributed by atoms with Crippen LogP contribution in [0.4, 0.5) is 5.69 Å². The van der Waals surface area contributed by atoms with Gasteiger partial charge < -0.3 is 14.6 Å². The minimum Gasteiger partial charge on any atom is -0.488 e. The summed E-state index contributed by atoms with van der Waals surface area (Å²) in [6.07, 6.45) is 6.84. The summed E-state index contributed by atoms with van der Waals surface area (Å²) < 4.78 is 7.89. The number of carbonyl (C=O) groups is 1. The standard InChI is InChI=1S/C22H28N4O3/c1-14(11-12-19(27)23-17-8-4-3-5-9-17)29-18-10-6-7-16-13-26-15(2)21(28)25-22(26)24-20(16)18/h6-7,10,14,17H,2-5,8-9,11-13H2,1H3,(H,23,27)(H,24,25,28). The highest BCUT2D eigenvalue weighted by Gasteiger charge is 2.19. The Hall–Kier alpha value is -2.83. The number of fused-ring (bicyclic) bond motifs is 2. The van der Waals surface area contributed by atoms with Gasteiger partial charge in [0.25, 0.3) is 5.56 Å². The van der Waals surface area contributed by atoms with E-state index in [1.807, 2.05) is 25.1 Å². The van der Waals surface area contributed by atoms with Crippen molar-refractivity contribution in [1.29, 1.82) is 0 Å². The first kappa shape index (κ1) is 19.5. The Morgan fingerprint density at radius 2 is 2.17 bits per heavy atom. The number of carbonyl (C=O) groups excluding carboxylic acids is 1. The minimum atomic E-state index is -0.226. The molecule has 2 heterocycles. The number of ether oxygens (including phenoxy) is 1. The number of rotatable bonds is 6. The van der Waals surface area contributed by atoms with E-state index in [1.165, 1.54) is 19.3 Å². The molecule has 154 valence electrons. The average Bonchev–Trinajstić information content (AvgIpc) is 2.99. The molecule has 1 fully saturated rings. The summed E-state index contributed by atoms with van der Waals surface area (Å²) in [6, 6.07) is 6.11. The summed E-state index contributed by atoms with van der Waals surface area (Å²) in [5.41, 5.74) is 1.97. The molecule has 1 amide bonds. The molecule has 1 atom stereocenters. The van der Waals surface area contributed by atoms with Crippen molar-refractivity contribution in [3.05, 3.63) is 45.1 Å². The molecule has 0 bridgehead atoms. The number of aromatic amines is 1. The Kier molecular flexibility index (Phi) is 5.56. The van der Waals surface area contributed by atoms with Gasteiger partial charge in [0.15, 0.2) is 0 Å². The van der Waals surface area contributed by atoms with Gasteiger partial charge in [-0.3, -0.25) is 14.6 Å². The Morgan fingerprint density at radius 1 is 1.38 bits per heavy atom. The molecule has 1 aliphatic carbocycles. The highest BCUT2D eigenvalue weighted by molar-refractivity contribution is 5.76. The van der Waals surface area contributed by atoms with Crippen LogP contribution in [0.1, 0.15) is 57.4 Å². The van der Waals surface area contributed by atoms with E-state index in [1.54, 1.807) is 4.57 Å². The second-order valence-corrected chi connectivity index (χ2v) is 8.06. The van der Waals surface area contributed by atoms with Crippen molar-refractivity contribution in [2.75, 3.05) is 0 Å². The fraction of sp³-hybridized carbons (Fsp3) is 0.500. The summed E-state index contributed by atoms with van der Waals surface area (Å²) >= 11 is 0. The summed E-state index contributed by atoms with van der Waals surface area (Å²) in [7, 11) is 0. The number of amides is 1. The number of aromatic nitrogens is 2. The van der Waals surface area contributed by atoms with Crippen molar-refractivity contribution in [2.24, 2.45) is 4.99 Å². The van der Waals surface area contributed by atoms with Crippen LogP contribution in [0.25, 0.3) is 6.58 Å². The Labute approximate surface area is 169 Å². The molecule has 7 heteroatoms. The molecule has 29 heavy (non-hydrogen) atoms. The second-order valence-electron chi connectivity index (χ2n) is 8.06. The van der Waals surface area contributed by atoms with Crippen molar-refractivity contribution in [3.63, 3.8) is 0 Å². The van der Waals surface area contributed by atoms with E-state index in [0.29, 0.717) is 42.1 Å². The lowest BCUT2D eigenvalue weighted by Crippen LogP contribution is -2.36. The lowest BCUT2D eigenvalue weighted by molar-refractivity contribution is -0.122. The Balaban J connectivity index is 1.40. The zero-order chi connectivity index (χ0) is 20.4. The molecule has 0 spiro atoms. The van der Waals surface area contributed by atoms with Crippen molar-refractivity contribution in [2.45, 2.75) is 70.6 Å². The van der Waals surface area contributed by atoms with Crippen LogP contribution in [-0.2, 0) is 11.3 Å². The Morgan fingerprint density at radius 3 is 2.97 bits per heavy atom. The number of para-hydroxylation sites is 1. The number of nitrogens with one attached hydrogen (secondary N) is 2. The van der Waals surface area contributed by atoms with Crippen molar-refractivity contribution < 1.29 is 9.53 Å². The molecule has 1 aromatic carbocycles. The second kappa shape index (κ2) is 8.27. The van der Waals surface area contributed by atoms with Gasteiger partial charge in [-0.1, -0.05) is 38.0 Å².